The number of amides is 4. The van der Waals surface area contributed by atoms with Gasteiger partial charge in [0.1, 0.15) is 5.75 Å². The molecule has 11 nitrogen and oxygen atoms in total. The maximum absolute atomic E-state index is 14.3. The van der Waals surface area contributed by atoms with E-state index in [-0.39, 0.29) is 55.2 Å². The molecule has 2 heterocycles. The summed E-state index contributed by atoms with van der Waals surface area (Å²) in [5.74, 6) is -0.388. The van der Waals surface area contributed by atoms with Gasteiger partial charge in [0, 0.05) is 62.3 Å². The van der Waals surface area contributed by atoms with Gasteiger partial charge in [-0.2, -0.15) is 0 Å². The summed E-state index contributed by atoms with van der Waals surface area (Å²) in [6, 6.07) is 7.90. The Balaban J connectivity index is 1.58. The van der Waals surface area contributed by atoms with Crippen molar-refractivity contribution < 1.29 is 29.0 Å². The number of nitrogens with one attached hydrogen (secondary N) is 2. The van der Waals surface area contributed by atoms with E-state index in [2.05, 4.69) is 15.6 Å². The van der Waals surface area contributed by atoms with Crippen LogP contribution in [0.25, 0.3) is 0 Å². The minimum Gasteiger partial charge on any atom is -0.490 e. The van der Waals surface area contributed by atoms with Gasteiger partial charge in [-0.15, -0.1) is 0 Å². The Morgan fingerprint density at radius 1 is 1.07 bits per heavy atom. The van der Waals surface area contributed by atoms with Crippen molar-refractivity contribution >= 4 is 23.5 Å². The Morgan fingerprint density at radius 2 is 1.78 bits per heavy atom. The zero-order chi connectivity index (χ0) is 33.1. The van der Waals surface area contributed by atoms with Crippen molar-refractivity contribution in [2.24, 2.45) is 5.92 Å². The Kier molecular flexibility index (Phi) is 13.2. The van der Waals surface area contributed by atoms with Gasteiger partial charge in [-0.3, -0.25) is 14.6 Å². The van der Waals surface area contributed by atoms with Crippen LogP contribution < -0.4 is 15.4 Å². The highest BCUT2D eigenvalue weighted by atomic mass is 16.5. The highest BCUT2D eigenvalue weighted by Gasteiger charge is 2.31. The number of rotatable bonds is 7. The number of pyridine rings is 1. The molecular formula is C35H51N5O6. The summed E-state index contributed by atoms with van der Waals surface area (Å²) < 4.78 is 12.7. The first-order valence-corrected chi connectivity index (χ1v) is 16.7. The van der Waals surface area contributed by atoms with Gasteiger partial charge in [-0.1, -0.05) is 26.2 Å². The van der Waals surface area contributed by atoms with Crippen LogP contribution >= 0.6 is 0 Å². The predicted molar refractivity (Wildman–Crippen MR) is 177 cm³/mol. The molecule has 46 heavy (non-hydrogen) atoms. The molecule has 4 atom stereocenters. The van der Waals surface area contributed by atoms with E-state index in [0.29, 0.717) is 35.7 Å². The molecule has 1 aliphatic heterocycles. The molecule has 0 bridgehead atoms. The van der Waals surface area contributed by atoms with Crippen molar-refractivity contribution in [3.8, 4) is 5.75 Å². The molecule has 4 amide bonds. The lowest BCUT2D eigenvalue weighted by Crippen LogP contribution is -2.50. The molecule has 0 spiro atoms. The third kappa shape index (κ3) is 9.90. The first-order valence-electron chi connectivity index (χ1n) is 16.7. The molecule has 1 aromatic carbocycles. The lowest BCUT2D eigenvalue weighted by Gasteiger charge is -2.36. The summed E-state index contributed by atoms with van der Waals surface area (Å²) in [6.45, 7) is 6.73. The Morgan fingerprint density at radius 3 is 2.50 bits per heavy atom. The molecule has 3 N–H and O–H groups in total. The van der Waals surface area contributed by atoms with E-state index >= 15 is 0 Å². The number of anilines is 1. The molecule has 4 rings (SSSR count). The normalized spacial score (nSPS) is 22.5. The number of hydrogen-bond acceptors (Lipinski definition) is 7. The molecule has 1 aliphatic carbocycles. The smallest absolute Gasteiger partial charge is 0.317 e. The average Bonchev–Trinajstić information content (AvgIpc) is 3.06. The minimum absolute atomic E-state index is 0.111. The highest BCUT2D eigenvalue weighted by Crippen LogP contribution is 2.29. The summed E-state index contributed by atoms with van der Waals surface area (Å²) in [5.41, 5.74) is 1.19. The van der Waals surface area contributed by atoms with Crippen LogP contribution in [0.3, 0.4) is 0 Å². The number of nitrogens with zero attached hydrogens (tertiary/aromatic N) is 3. The largest absolute Gasteiger partial charge is 0.490 e. The topological polar surface area (TPSA) is 133 Å². The molecule has 1 saturated carbocycles. The van der Waals surface area contributed by atoms with Gasteiger partial charge < -0.3 is 35.0 Å². The van der Waals surface area contributed by atoms with Crippen molar-refractivity contribution in [1.29, 1.82) is 0 Å². The summed E-state index contributed by atoms with van der Waals surface area (Å²) in [5, 5.41) is 16.3. The van der Waals surface area contributed by atoms with E-state index in [9.17, 15) is 19.5 Å². The first-order chi connectivity index (χ1) is 22.2. The fraction of sp³-hybridized carbons (Fsp3) is 0.600. The van der Waals surface area contributed by atoms with Crippen LogP contribution in [0.4, 0.5) is 10.5 Å². The van der Waals surface area contributed by atoms with Crippen molar-refractivity contribution in [1.82, 2.24) is 20.1 Å². The fourth-order valence-electron chi connectivity index (χ4n) is 6.05. The van der Waals surface area contributed by atoms with Crippen LogP contribution in [0.5, 0.6) is 5.75 Å². The SMILES string of the molecule is C[C@@H]1CCCCO[C@H](CN(C)C(=O)NC2CCCCC2)[C@@H](C)CN([C@@H](C)CO)C(=O)c2cc(NC(=O)c3ccncc3)ccc2O1. The number of carbonyl (C=O) groups is 3. The molecule has 2 aromatic rings. The van der Waals surface area contributed by atoms with Crippen LogP contribution in [0.1, 0.15) is 92.9 Å². The summed E-state index contributed by atoms with van der Waals surface area (Å²) in [6.07, 6.45) is 10.6. The molecule has 0 saturated heterocycles. The second-order valence-corrected chi connectivity index (χ2v) is 12.9. The Labute approximate surface area is 273 Å². The van der Waals surface area contributed by atoms with Gasteiger partial charge in [0.25, 0.3) is 11.8 Å². The number of aromatic nitrogens is 1. The van der Waals surface area contributed by atoms with Crippen molar-refractivity contribution in [3.05, 3.63) is 53.9 Å². The molecule has 0 radical (unpaired) electrons. The number of urea groups is 1. The van der Waals surface area contributed by atoms with Gasteiger partial charge in [0.2, 0.25) is 0 Å². The number of ether oxygens (including phenoxy) is 2. The third-order valence-corrected chi connectivity index (χ3v) is 8.99. The number of aliphatic hydroxyl groups excluding tert-OH is 1. The number of hydrogen-bond donors (Lipinski definition) is 3. The predicted octanol–water partition coefficient (Wildman–Crippen LogP) is 5.10. The van der Waals surface area contributed by atoms with Gasteiger partial charge in [-0.25, -0.2) is 4.79 Å². The maximum Gasteiger partial charge on any atom is 0.317 e. The number of fused-ring (bicyclic) bond motifs is 1. The summed E-state index contributed by atoms with van der Waals surface area (Å²) in [4.78, 5) is 47.6. The zero-order valence-electron chi connectivity index (χ0n) is 27.7. The maximum atomic E-state index is 14.3. The van der Waals surface area contributed by atoms with E-state index in [1.165, 1.54) is 6.42 Å². The highest BCUT2D eigenvalue weighted by molar-refractivity contribution is 6.05. The number of aliphatic hydroxyl groups is 1. The second-order valence-electron chi connectivity index (χ2n) is 12.9. The minimum atomic E-state index is -0.504. The summed E-state index contributed by atoms with van der Waals surface area (Å²) >= 11 is 0. The van der Waals surface area contributed by atoms with Crippen LogP contribution in [0.2, 0.25) is 0 Å². The van der Waals surface area contributed by atoms with E-state index in [0.717, 1.165) is 44.9 Å². The first kappa shape index (κ1) is 35.2. The molecule has 0 unspecified atom stereocenters. The fourth-order valence-corrected chi connectivity index (χ4v) is 6.05. The standard InChI is InChI=1S/C35H51N5O6/c1-24-21-40(25(2)23-41)34(43)30-20-29(37-33(42)27-15-17-36-18-16-27)13-14-31(30)46-26(3)10-8-9-19-45-32(24)22-39(4)35(44)38-28-11-6-5-7-12-28/h13-18,20,24-26,28,32,41H,5-12,19,21-23H2,1-4H3,(H,37,42)(H,38,44)/t24-,25-,26+,32+/m0/s1. The van der Waals surface area contributed by atoms with E-state index < -0.39 is 6.04 Å². The van der Waals surface area contributed by atoms with E-state index in [1.54, 1.807) is 66.5 Å². The van der Waals surface area contributed by atoms with E-state index in [4.69, 9.17) is 9.47 Å². The van der Waals surface area contributed by atoms with Crippen molar-refractivity contribution in [2.75, 3.05) is 38.7 Å². The quantitative estimate of drug-likeness (QED) is 0.385. The Hall–Kier alpha value is -3.70. The lowest BCUT2D eigenvalue weighted by molar-refractivity contribution is -0.0123. The van der Waals surface area contributed by atoms with Crippen LogP contribution in [-0.2, 0) is 4.74 Å². The van der Waals surface area contributed by atoms with Gasteiger partial charge in [0.05, 0.1) is 30.4 Å². The average molecular weight is 638 g/mol. The molecule has 252 valence electrons. The van der Waals surface area contributed by atoms with Gasteiger partial charge in [-0.05, 0) is 76.3 Å². The second kappa shape index (κ2) is 17.3. The monoisotopic (exact) mass is 637 g/mol. The third-order valence-electron chi connectivity index (χ3n) is 8.99. The molecule has 11 heteroatoms. The number of carbonyl (C=O) groups excluding carboxylic acids is 3. The van der Waals surface area contributed by atoms with Gasteiger partial charge >= 0.3 is 6.03 Å². The Bertz CT molecular complexity index is 1290. The zero-order valence-corrected chi connectivity index (χ0v) is 27.7. The summed E-state index contributed by atoms with van der Waals surface area (Å²) in [7, 11) is 1.79. The van der Waals surface area contributed by atoms with E-state index in [1.807, 2.05) is 13.8 Å². The van der Waals surface area contributed by atoms with Gasteiger partial charge in [0.15, 0.2) is 0 Å². The van der Waals surface area contributed by atoms with Crippen molar-refractivity contribution in [2.45, 2.75) is 96.4 Å². The molecule has 1 fully saturated rings. The molecule has 1 aromatic heterocycles. The molecular weight excluding hydrogens is 586 g/mol. The van der Waals surface area contributed by atoms with Crippen LogP contribution in [0.15, 0.2) is 42.7 Å². The molecule has 2 aliphatic rings. The number of benzene rings is 1. The van der Waals surface area contributed by atoms with Crippen LogP contribution in [-0.4, -0.2) is 95.4 Å². The lowest BCUT2D eigenvalue weighted by atomic mass is 9.96. The van der Waals surface area contributed by atoms with Crippen LogP contribution in [0, 0.1) is 5.92 Å². The van der Waals surface area contributed by atoms with Crippen molar-refractivity contribution in [3.63, 3.8) is 0 Å². The number of likely N-dealkylation sites (N-methyl/N-ethyl adjacent to an activating group) is 1.